The first-order chi connectivity index (χ1) is 11.8. The van der Waals surface area contributed by atoms with Crippen molar-refractivity contribution in [2.75, 3.05) is 22.9 Å². The van der Waals surface area contributed by atoms with Gasteiger partial charge in [-0.2, -0.15) is 0 Å². The van der Waals surface area contributed by atoms with Crippen LogP contribution in [0.15, 0.2) is 84.9 Å². The van der Waals surface area contributed by atoms with Crippen molar-refractivity contribution in [3.63, 3.8) is 0 Å². The number of hydrogen-bond donors (Lipinski definition) is 0. The molecule has 0 N–H and O–H groups in total. The maximum Gasteiger partial charge on any atom is 0.0695 e. The third-order valence-electron chi connectivity index (χ3n) is 4.26. The fourth-order valence-corrected chi connectivity index (χ4v) is 3.07. The van der Waals surface area contributed by atoms with Gasteiger partial charge in [0.05, 0.1) is 11.4 Å². The van der Waals surface area contributed by atoms with Crippen molar-refractivity contribution in [2.45, 2.75) is 13.8 Å². The van der Waals surface area contributed by atoms with Crippen LogP contribution in [-0.4, -0.2) is 13.1 Å². The summed E-state index contributed by atoms with van der Waals surface area (Å²) in [5.74, 6) is 0. The number of nitrogens with zero attached hydrogens (tertiary/aromatic N) is 2. The van der Waals surface area contributed by atoms with Gasteiger partial charge in [0.1, 0.15) is 0 Å². The molecule has 0 bridgehead atoms. The monoisotopic (exact) mass is 316 g/mol. The highest BCUT2D eigenvalue weighted by Gasteiger charge is 2.17. The highest BCUT2D eigenvalue weighted by atomic mass is 15.2. The molecule has 0 unspecified atom stereocenters. The Labute approximate surface area is 145 Å². The van der Waals surface area contributed by atoms with Crippen LogP contribution in [0, 0.1) is 0 Å². The zero-order chi connectivity index (χ0) is 16.8. The first-order valence-corrected chi connectivity index (χ1v) is 8.59. The summed E-state index contributed by atoms with van der Waals surface area (Å²) in [5, 5.41) is 0. The van der Waals surface area contributed by atoms with Crippen LogP contribution in [0.25, 0.3) is 0 Å². The van der Waals surface area contributed by atoms with Crippen molar-refractivity contribution in [1.82, 2.24) is 0 Å². The summed E-state index contributed by atoms with van der Waals surface area (Å²) in [4.78, 5) is 4.72. The van der Waals surface area contributed by atoms with Crippen molar-refractivity contribution in [1.29, 1.82) is 0 Å². The molecule has 0 aliphatic rings. The van der Waals surface area contributed by atoms with Crippen molar-refractivity contribution < 1.29 is 0 Å². The van der Waals surface area contributed by atoms with E-state index >= 15 is 0 Å². The number of benzene rings is 3. The van der Waals surface area contributed by atoms with Crippen molar-refractivity contribution in [3.05, 3.63) is 84.9 Å². The zero-order valence-electron chi connectivity index (χ0n) is 14.4. The summed E-state index contributed by atoms with van der Waals surface area (Å²) >= 11 is 0. The van der Waals surface area contributed by atoms with E-state index in [0.717, 1.165) is 13.1 Å². The van der Waals surface area contributed by atoms with Crippen LogP contribution < -0.4 is 9.80 Å². The van der Waals surface area contributed by atoms with Gasteiger partial charge in [-0.15, -0.1) is 0 Å². The van der Waals surface area contributed by atoms with E-state index in [9.17, 15) is 0 Å². The van der Waals surface area contributed by atoms with Gasteiger partial charge in [0.15, 0.2) is 0 Å². The smallest absolute Gasteiger partial charge is 0.0695 e. The second kappa shape index (κ2) is 7.69. The molecule has 0 aromatic heterocycles. The molecule has 0 fully saturated rings. The Balaban J connectivity index is 2.17. The summed E-state index contributed by atoms with van der Waals surface area (Å²) in [7, 11) is 0. The molecule has 3 aromatic rings. The van der Waals surface area contributed by atoms with Gasteiger partial charge in [-0.3, -0.25) is 0 Å². The third-order valence-corrected chi connectivity index (χ3v) is 4.26. The molecule has 0 aliphatic heterocycles. The van der Waals surface area contributed by atoms with Gasteiger partial charge in [0.2, 0.25) is 0 Å². The maximum atomic E-state index is 2.40. The molecule has 2 nitrogen and oxygen atoms in total. The summed E-state index contributed by atoms with van der Waals surface area (Å²) in [6.07, 6.45) is 0. The van der Waals surface area contributed by atoms with E-state index in [2.05, 4.69) is 109 Å². The molecule has 0 amide bonds. The molecule has 122 valence electrons. The molecule has 0 radical (unpaired) electrons. The van der Waals surface area contributed by atoms with Crippen molar-refractivity contribution in [3.8, 4) is 0 Å². The molecular weight excluding hydrogens is 292 g/mol. The van der Waals surface area contributed by atoms with E-state index in [1.165, 1.54) is 22.7 Å². The summed E-state index contributed by atoms with van der Waals surface area (Å²) in [5.41, 5.74) is 4.81. The molecule has 2 heteroatoms. The first kappa shape index (κ1) is 16.1. The van der Waals surface area contributed by atoms with E-state index in [1.807, 2.05) is 0 Å². The fourth-order valence-electron chi connectivity index (χ4n) is 3.07. The lowest BCUT2D eigenvalue weighted by Crippen LogP contribution is -2.24. The molecule has 0 heterocycles. The Bertz CT molecular complexity index is 710. The lowest BCUT2D eigenvalue weighted by Gasteiger charge is -2.31. The van der Waals surface area contributed by atoms with Gasteiger partial charge in [0, 0.05) is 24.5 Å². The predicted octanol–water partition coefficient (Wildman–Crippen LogP) is 6.00. The van der Waals surface area contributed by atoms with E-state index < -0.39 is 0 Å². The average molecular weight is 316 g/mol. The summed E-state index contributed by atoms with van der Waals surface area (Å²) in [6, 6.07) is 29.7. The number of anilines is 4. The fraction of sp³-hybridized carbons (Fsp3) is 0.182. The normalized spacial score (nSPS) is 10.4. The van der Waals surface area contributed by atoms with E-state index in [-0.39, 0.29) is 0 Å². The highest BCUT2D eigenvalue weighted by Crippen LogP contribution is 2.39. The Hall–Kier alpha value is -2.74. The number of hydrogen-bond acceptors (Lipinski definition) is 2. The quantitative estimate of drug-likeness (QED) is 0.550. The Kier molecular flexibility index (Phi) is 5.17. The standard InChI is InChI=1S/C22H24N2/c1-3-23(4-2)21-17-11-12-18-22(21)24(19-13-7-5-8-14-19)20-15-9-6-10-16-20/h5-18H,3-4H2,1-2H3. The lowest BCUT2D eigenvalue weighted by molar-refractivity contribution is 0.865. The molecular formula is C22H24N2. The minimum atomic E-state index is 0.991. The number of rotatable bonds is 6. The van der Waals surface area contributed by atoms with Gasteiger partial charge in [0.25, 0.3) is 0 Å². The highest BCUT2D eigenvalue weighted by molar-refractivity contribution is 5.84. The molecule has 0 saturated heterocycles. The third kappa shape index (κ3) is 3.28. The molecule has 3 rings (SSSR count). The van der Waals surface area contributed by atoms with Crippen LogP contribution in [0.3, 0.4) is 0 Å². The second-order valence-electron chi connectivity index (χ2n) is 5.67. The lowest BCUT2D eigenvalue weighted by atomic mass is 10.1. The van der Waals surface area contributed by atoms with E-state index in [0.29, 0.717) is 0 Å². The Morgan fingerprint density at radius 2 is 0.958 bits per heavy atom. The van der Waals surface area contributed by atoms with Crippen LogP contribution in [-0.2, 0) is 0 Å². The Morgan fingerprint density at radius 3 is 1.42 bits per heavy atom. The second-order valence-corrected chi connectivity index (χ2v) is 5.67. The molecule has 0 aliphatic carbocycles. The van der Waals surface area contributed by atoms with Crippen molar-refractivity contribution >= 4 is 22.7 Å². The van der Waals surface area contributed by atoms with Gasteiger partial charge in [-0.05, 0) is 50.2 Å². The summed E-state index contributed by atoms with van der Waals surface area (Å²) < 4.78 is 0. The average Bonchev–Trinajstić information content (AvgIpc) is 2.66. The molecule has 0 atom stereocenters. The topological polar surface area (TPSA) is 6.48 Å². The van der Waals surface area contributed by atoms with Gasteiger partial charge in [-0.1, -0.05) is 48.5 Å². The molecule has 3 aromatic carbocycles. The predicted molar refractivity (Wildman–Crippen MR) is 105 cm³/mol. The van der Waals surface area contributed by atoms with Crippen LogP contribution in [0.5, 0.6) is 0 Å². The van der Waals surface area contributed by atoms with E-state index in [1.54, 1.807) is 0 Å². The number of para-hydroxylation sites is 4. The molecule has 0 spiro atoms. The SMILES string of the molecule is CCN(CC)c1ccccc1N(c1ccccc1)c1ccccc1. The van der Waals surface area contributed by atoms with Crippen LogP contribution in [0.1, 0.15) is 13.8 Å². The van der Waals surface area contributed by atoms with Gasteiger partial charge >= 0.3 is 0 Å². The minimum absolute atomic E-state index is 0.991. The van der Waals surface area contributed by atoms with Gasteiger partial charge < -0.3 is 9.80 Å². The van der Waals surface area contributed by atoms with Crippen molar-refractivity contribution in [2.24, 2.45) is 0 Å². The van der Waals surface area contributed by atoms with Crippen LogP contribution in [0.4, 0.5) is 22.7 Å². The Morgan fingerprint density at radius 1 is 0.542 bits per heavy atom. The van der Waals surface area contributed by atoms with E-state index in [4.69, 9.17) is 0 Å². The summed E-state index contributed by atoms with van der Waals surface area (Å²) in [6.45, 7) is 6.39. The molecule has 24 heavy (non-hydrogen) atoms. The first-order valence-electron chi connectivity index (χ1n) is 8.59. The largest absolute Gasteiger partial charge is 0.370 e. The maximum absolute atomic E-state index is 2.40. The molecule has 0 saturated carbocycles. The van der Waals surface area contributed by atoms with Crippen LogP contribution in [0.2, 0.25) is 0 Å². The minimum Gasteiger partial charge on any atom is -0.370 e. The van der Waals surface area contributed by atoms with Gasteiger partial charge in [-0.25, -0.2) is 0 Å². The zero-order valence-corrected chi connectivity index (χ0v) is 14.4. The van der Waals surface area contributed by atoms with Crippen LogP contribution >= 0.6 is 0 Å².